The van der Waals surface area contributed by atoms with Crippen molar-refractivity contribution < 1.29 is 18.3 Å². The zero-order valence-electron chi connectivity index (χ0n) is 15.0. The van der Waals surface area contributed by atoms with Gasteiger partial charge >= 0.3 is 6.18 Å². The van der Waals surface area contributed by atoms with E-state index in [2.05, 4.69) is 30.6 Å². The first kappa shape index (κ1) is 17.9. The maximum absolute atomic E-state index is 13.7. The summed E-state index contributed by atoms with van der Waals surface area (Å²) < 4.78 is 42.6. The molecule has 0 aliphatic heterocycles. The van der Waals surface area contributed by atoms with Gasteiger partial charge in [0.05, 0.1) is 23.0 Å². The van der Waals surface area contributed by atoms with E-state index >= 15 is 0 Å². The van der Waals surface area contributed by atoms with Gasteiger partial charge in [-0.1, -0.05) is 6.07 Å². The van der Waals surface area contributed by atoms with Crippen molar-refractivity contribution in [1.29, 1.82) is 0 Å². The number of fused-ring (bicyclic) bond motifs is 3. The van der Waals surface area contributed by atoms with Gasteiger partial charge in [-0.05, 0) is 31.4 Å². The van der Waals surface area contributed by atoms with Gasteiger partial charge in [0.15, 0.2) is 5.65 Å². The van der Waals surface area contributed by atoms with Gasteiger partial charge in [0.2, 0.25) is 5.95 Å². The summed E-state index contributed by atoms with van der Waals surface area (Å²) in [6.07, 6.45) is -0.635. The van der Waals surface area contributed by atoms with Gasteiger partial charge in [-0.15, -0.1) is 5.10 Å². The number of aliphatic hydroxyl groups is 1. The van der Waals surface area contributed by atoms with Crippen LogP contribution in [0.2, 0.25) is 0 Å². The summed E-state index contributed by atoms with van der Waals surface area (Å²) in [5.41, 5.74) is -0.311. The van der Waals surface area contributed by atoms with Crippen molar-refractivity contribution in [3.63, 3.8) is 0 Å². The SMILES string of the molecule is O[C@H]1CCC[C@@H]1Nc1ncc(C(F)(F)F)c(-c2n[nH]c3nn4ccccc4c23)n1. The second kappa shape index (κ2) is 6.41. The van der Waals surface area contributed by atoms with E-state index in [4.69, 9.17) is 0 Å². The predicted octanol–water partition coefficient (Wildman–Crippen LogP) is 3.01. The summed E-state index contributed by atoms with van der Waals surface area (Å²) in [4.78, 5) is 7.97. The normalized spacial score (nSPS) is 20.0. The second-order valence-electron chi connectivity index (χ2n) is 7.03. The number of hydrogen-bond donors (Lipinski definition) is 3. The number of aliphatic hydroxyl groups excluding tert-OH is 1. The lowest BCUT2D eigenvalue weighted by Gasteiger charge is -2.18. The Kier molecular flexibility index (Phi) is 3.95. The average Bonchev–Trinajstić information content (AvgIpc) is 3.36. The molecule has 1 aliphatic rings. The first-order valence-corrected chi connectivity index (χ1v) is 9.12. The number of nitrogens with zero attached hydrogens (tertiary/aromatic N) is 5. The molecule has 2 atom stereocenters. The fourth-order valence-electron chi connectivity index (χ4n) is 3.76. The molecule has 0 amide bonds. The number of pyridine rings is 1. The second-order valence-corrected chi connectivity index (χ2v) is 7.03. The van der Waals surface area contributed by atoms with Gasteiger partial charge in [0.1, 0.15) is 17.0 Å². The number of anilines is 1. The van der Waals surface area contributed by atoms with Crippen LogP contribution in [0.5, 0.6) is 0 Å². The Balaban J connectivity index is 1.68. The van der Waals surface area contributed by atoms with E-state index in [0.717, 1.165) is 12.6 Å². The van der Waals surface area contributed by atoms with E-state index < -0.39 is 17.8 Å². The first-order valence-electron chi connectivity index (χ1n) is 9.12. The Morgan fingerprint density at radius 2 is 2.07 bits per heavy atom. The molecule has 1 saturated carbocycles. The number of halogens is 3. The third-order valence-electron chi connectivity index (χ3n) is 5.16. The van der Waals surface area contributed by atoms with Crippen molar-refractivity contribution in [1.82, 2.24) is 29.8 Å². The molecule has 11 heteroatoms. The molecule has 4 aromatic heterocycles. The average molecular weight is 403 g/mol. The number of nitrogens with one attached hydrogen (secondary N) is 2. The summed E-state index contributed by atoms with van der Waals surface area (Å²) >= 11 is 0. The number of rotatable bonds is 3. The van der Waals surface area contributed by atoms with Crippen molar-refractivity contribution in [2.75, 3.05) is 5.32 Å². The van der Waals surface area contributed by atoms with Crippen LogP contribution in [0.3, 0.4) is 0 Å². The third-order valence-corrected chi connectivity index (χ3v) is 5.16. The predicted molar refractivity (Wildman–Crippen MR) is 98.1 cm³/mol. The summed E-state index contributed by atoms with van der Waals surface area (Å²) in [7, 11) is 0. The highest BCUT2D eigenvalue weighted by Gasteiger charge is 2.37. The molecule has 1 fully saturated rings. The minimum Gasteiger partial charge on any atom is -0.391 e. The molecular formula is C18H16F3N7O. The monoisotopic (exact) mass is 403 g/mol. The molecule has 4 heterocycles. The lowest BCUT2D eigenvalue weighted by atomic mass is 10.1. The van der Waals surface area contributed by atoms with Crippen LogP contribution < -0.4 is 5.32 Å². The minimum atomic E-state index is -4.66. The molecule has 0 aromatic carbocycles. The molecule has 3 N–H and O–H groups in total. The number of aromatic amines is 1. The largest absolute Gasteiger partial charge is 0.420 e. The molecule has 150 valence electrons. The Morgan fingerprint density at radius 1 is 1.21 bits per heavy atom. The van der Waals surface area contributed by atoms with Crippen molar-refractivity contribution >= 4 is 22.5 Å². The van der Waals surface area contributed by atoms with Gasteiger partial charge < -0.3 is 10.4 Å². The van der Waals surface area contributed by atoms with E-state index in [1.54, 1.807) is 28.9 Å². The first-order chi connectivity index (χ1) is 13.9. The fraction of sp³-hybridized carbons (Fsp3) is 0.333. The van der Waals surface area contributed by atoms with Crippen LogP contribution in [0.1, 0.15) is 24.8 Å². The van der Waals surface area contributed by atoms with Crippen molar-refractivity contribution in [2.24, 2.45) is 0 Å². The number of H-pyrrole nitrogens is 1. The number of hydrogen-bond acceptors (Lipinski definition) is 6. The molecule has 29 heavy (non-hydrogen) atoms. The topological polar surface area (TPSA) is 104 Å². The summed E-state index contributed by atoms with van der Waals surface area (Å²) in [6, 6.07) is 4.99. The van der Waals surface area contributed by atoms with Crippen LogP contribution in [0.15, 0.2) is 30.6 Å². The smallest absolute Gasteiger partial charge is 0.391 e. The van der Waals surface area contributed by atoms with E-state index in [1.807, 2.05) is 0 Å². The quantitative estimate of drug-likeness (QED) is 0.486. The zero-order chi connectivity index (χ0) is 20.2. The van der Waals surface area contributed by atoms with Crippen molar-refractivity contribution in [3.8, 4) is 11.4 Å². The van der Waals surface area contributed by atoms with Gasteiger partial charge in [-0.3, -0.25) is 5.10 Å². The molecular weight excluding hydrogens is 387 g/mol. The lowest BCUT2D eigenvalue weighted by Crippen LogP contribution is -2.29. The third kappa shape index (κ3) is 2.97. The molecule has 0 unspecified atom stereocenters. The fourth-order valence-corrected chi connectivity index (χ4v) is 3.76. The zero-order valence-corrected chi connectivity index (χ0v) is 15.0. The van der Waals surface area contributed by atoms with Crippen molar-refractivity contribution in [3.05, 3.63) is 36.2 Å². The highest BCUT2D eigenvalue weighted by molar-refractivity contribution is 6.02. The van der Waals surface area contributed by atoms with Crippen LogP contribution in [-0.2, 0) is 6.18 Å². The van der Waals surface area contributed by atoms with Crippen LogP contribution >= 0.6 is 0 Å². The molecule has 8 nitrogen and oxygen atoms in total. The Morgan fingerprint density at radius 3 is 2.83 bits per heavy atom. The molecule has 1 aliphatic carbocycles. The summed E-state index contributed by atoms with van der Waals surface area (Å²) in [6.45, 7) is 0. The van der Waals surface area contributed by atoms with Gasteiger partial charge in [-0.2, -0.15) is 18.3 Å². The maximum atomic E-state index is 13.7. The molecule has 0 spiro atoms. The molecule has 0 saturated heterocycles. The van der Waals surface area contributed by atoms with E-state index in [9.17, 15) is 18.3 Å². The van der Waals surface area contributed by atoms with Crippen LogP contribution in [-0.4, -0.2) is 47.0 Å². The minimum absolute atomic E-state index is 0.0200. The maximum Gasteiger partial charge on any atom is 0.420 e. The Labute approximate surface area is 161 Å². The van der Waals surface area contributed by atoms with E-state index in [-0.39, 0.29) is 23.4 Å². The molecule has 5 rings (SSSR count). The Bertz CT molecular complexity index is 1200. The van der Waals surface area contributed by atoms with Crippen LogP contribution in [0.25, 0.3) is 27.9 Å². The summed E-state index contributed by atoms with van der Waals surface area (Å²) in [5.74, 6) is 0.0200. The van der Waals surface area contributed by atoms with Crippen LogP contribution in [0.4, 0.5) is 19.1 Å². The highest BCUT2D eigenvalue weighted by Crippen LogP contribution is 2.38. The summed E-state index contributed by atoms with van der Waals surface area (Å²) in [5, 5.41) is 24.4. The van der Waals surface area contributed by atoms with Gasteiger partial charge in [-0.25, -0.2) is 14.5 Å². The molecule has 4 aromatic rings. The van der Waals surface area contributed by atoms with Crippen molar-refractivity contribution in [2.45, 2.75) is 37.6 Å². The lowest BCUT2D eigenvalue weighted by molar-refractivity contribution is -0.137. The number of alkyl halides is 3. The standard InChI is InChI=1S/C18H16F3N7O/c19-18(20,21)9-8-22-17(23-10-4-3-6-12(10)29)24-14(9)15-13-11-5-1-2-7-28(11)27-16(13)26-25-15/h1-2,5,7-8,10,12,29H,3-4,6H2,(H,26,27)(H,22,23,24)/t10-,12-/m0/s1. The Hall–Kier alpha value is -3.21. The molecule has 0 bridgehead atoms. The van der Waals surface area contributed by atoms with E-state index in [0.29, 0.717) is 29.4 Å². The van der Waals surface area contributed by atoms with Crippen LogP contribution in [0, 0.1) is 0 Å². The molecule has 0 radical (unpaired) electrons. The van der Waals surface area contributed by atoms with E-state index in [1.165, 1.54) is 0 Å². The number of aromatic nitrogens is 6. The highest BCUT2D eigenvalue weighted by atomic mass is 19.4. The van der Waals surface area contributed by atoms with Gasteiger partial charge in [0, 0.05) is 12.4 Å². The van der Waals surface area contributed by atoms with Gasteiger partial charge in [0.25, 0.3) is 0 Å².